The fourth-order valence-corrected chi connectivity index (χ4v) is 10.6. The first-order chi connectivity index (χ1) is 28.2. The van der Waals surface area contributed by atoms with Crippen molar-refractivity contribution in [1.82, 2.24) is 0 Å². The second kappa shape index (κ2) is 13.7. The quantitative estimate of drug-likeness (QED) is 0.135. The van der Waals surface area contributed by atoms with Gasteiger partial charge in [-0.1, -0.05) is 140 Å². The molecule has 0 bridgehead atoms. The van der Waals surface area contributed by atoms with Gasteiger partial charge in [0.2, 0.25) is 0 Å². The zero-order chi connectivity index (χ0) is 37.9. The van der Waals surface area contributed by atoms with Crippen LogP contribution in [0.4, 0.5) is 0 Å². The van der Waals surface area contributed by atoms with Crippen molar-refractivity contribution in [2.75, 3.05) is 0 Å². The van der Waals surface area contributed by atoms with E-state index >= 15 is 0 Å². The van der Waals surface area contributed by atoms with Crippen LogP contribution < -0.4 is 5.73 Å². The number of aliphatic imine (C=N–C) groups is 2. The summed E-state index contributed by atoms with van der Waals surface area (Å²) in [6, 6.07) is 61.6. The van der Waals surface area contributed by atoms with Crippen molar-refractivity contribution in [3.05, 3.63) is 193 Å². The van der Waals surface area contributed by atoms with Crippen LogP contribution >= 0.6 is 22.7 Å². The summed E-state index contributed by atoms with van der Waals surface area (Å²) in [6.45, 7) is 0.391. The molecule has 0 saturated heterocycles. The fourth-order valence-electron chi connectivity index (χ4n) is 8.09. The molecule has 0 saturated carbocycles. The van der Waals surface area contributed by atoms with Crippen molar-refractivity contribution in [3.63, 3.8) is 0 Å². The van der Waals surface area contributed by atoms with Gasteiger partial charge in [0.15, 0.2) is 5.84 Å². The first kappa shape index (κ1) is 33.5. The van der Waals surface area contributed by atoms with Crippen LogP contribution in [-0.4, -0.2) is 11.7 Å². The number of hydrogen-bond acceptors (Lipinski definition) is 4. The summed E-state index contributed by atoms with van der Waals surface area (Å²) < 4.78 is 11.4. The van der Waals surface area contributed by atoms with Gasteiger partial charge in [-0.05, 0) is 64.2 Å². The summed E-state index contributed by atoms with van der Waals surface area (Å²) in [6.07, 6.45) is 0. The van der Waals surface area contributed by atoms with E-state index in [-0.39, 0.29) is 0 Å². The lowest BCUT2D eigenvalue weighted by Gasteiger charge is -2.09. The van der Waals surface area contributed by atoms with Crippen LogP contribution in [0.2, 0.25) is 0 Å². The molecule has 0 aliphatic rings. The minimum absolute atomic E-state index is 0.391. The highest BCUT2D eigenvalue weighted by atomic mass is 32.1. The first-order valence-corrected chi connectivity index (χ1v) is 20.6. The lowest BCUT2D eigenvalue weighted by Crippen LogP contribution is -2.16. The van der Waals surface area contributed by atoms with Crippen LogP contribution in [-0.2, 0) is 6.54 Å². The maximum Gasteiger partial charge on any atom is 0.157 e. The molecule has 0 aliphatic carbocycles. The number of fused-ring (bicyclic) bond motifs is 9. The summed E-state index contributed by atoms with van der Waals surface area (Å²) in [5.41, 5.74) is 16.2. The predicted octanol–water partition coefficient (Wildman–Crippen LogP) is 14.0. The highest BCUT2D eigenvalue weighted by Crippen LogP contribution is 2.42. The molecule has 57 heavy (non-hydrogen) atoms. The highest BCUT2D eigenvalue weighted by Gasteiger charge is 2.17. The van der Waals surface area contributed by atoms with E-state index in [1.165, 1.54) is 41.2 Å². The molecule has 3 aromatic heterocycles. The average Bonchev–Trinajstić information content (AvgIpc) is 3.97. The Balaban J connectivity index is 1.03. The molecule has 0 radical (unpaired) electrons. The Hall–Kier alpha value is -6.86. The van der Waals surface area contributed by atoms with Crippen molar-refractivity contribution < 1.29 is 4.42 Å². The summed E-state index contributed by atoms with van der Waals surface area (Å²) in [4.78, 5) is 10.4. The van der Waals surface area contributed by atoms with Crippen molar-refractivity contribution in [1.29, 1.82) is 0 Å². The zero-order valence-corrected chi connectivity index (χ0v) is 32.3. The Kier molecular flexibility index (Phi) is 8.05. The van der Waals surface area contributed by atoms with E-state index < -0.39 is 0 Å². The molecule has 0 aliphatic heterocycles. The average molecular weight is 768 g/mol. The lowest BCUT2D eigenvalue weighted by atomic mass is 9.99. The number of furan rings is 1. The summed E-state index contributed by atoms with van der Waals surface area (Å²) in [5.74, 6) is 1.01. The topological polar surface area (TPSA) is 63.9 Å². The van der Waals surface area contributed by atoms with Gasteiger partial charge in [-0.2, -0.15) is 0 Å². The molecule has 6 heteroatoms. The van der Waals surface area contributed by atoms with Crippen LogP contribution in [0.15, 0.2) is 190 Å². The molecule has 0 atom stereocenters. The molecule has 0 unspecified atom stereocenters. The summed E-state index contributed by atoms with van der Waals surface area (Å²) in [5, 5.41) is 7.11. The van der Waals surface area contributed by atoms with Crippen LogP contribution in [0.25, 0.3) is 84.5 Å². The standard InChI is InChI=1S/C51H33N3OS2/c52-50(41-19-10-18-40-38-15-5-7-22-46(38)57-49(40)41)54-51(33-25-23-32(24-26-33)31-11-2-1-3-12-31)53-30-35-13-8-20-44-47(35)42-29-34(27-28-43(42)55-44)36-16-9-17-39-37-14-4-6-21-45(37)56-48(36)39/h1-29H,30H2,(H2,52,53,54). The maximum atomic E-state index is 6.96. The lowest BCUT2D eigenvalue weighted by molar-refractivity contribution is 0.668. The molecule has 0 spiro atoms. The third-order valence-electron chi connectivity index (χ3n) is 10.9. The Bertz CT molecular complexity index is 3390. The van der Waals surface area contributed by atoms with Gasteiger partial charge in [0.1, 0.15) is 17.0 Å². The summed E-state index contributed by atoms with van der Waals surface area (Å²) in [7, 11) is 0. The Morgan fingerprint density at radius 3 is 1.93 bits per heavy atom. The second-order valence-corrected chi connectivity index (χ2v) is 16.3. The number of nitrogens with two attached hydrogens (primary N) is 1. The van der Waals surface area contributed by atoms with Crippen molar-refractivity contribution in [2.24, 2.45) is 15.7 Å². The number of nitrogens with zero attached hydrogens (tertiary/aromatic N) is 2. The van der Waals surface area contributed by atoms with Gasteiger partial charge in [-0.15, -0.1) is 22.7 Å². The van der Waals surface area contributed by atoms with Gasteiger partial charge < -0.3 is 10.2 Å². The molecule has 2 N–H and O–H groups in total. The van der Waals surface area contributed by atoms with E-state index in [0.29, 0.717) is 18.2 Å². The third kappa shape index (κ3) is 5.81. The summed E-state index contributed by atoms with van der Waals surface area (Å²) >= 11 is 3.59. The molecule has 3 heterocycles. The van der Waals surface area contributed by atoms with Gasteiger partial charge in [0.25, 0.3) is 0 Å². The molecule has 0 fully saturated rings. The number of benzene rings is 8. The van der Waals surface area contributed by atoms with E-state index in [4.69, 9.17) is 20.1 Å². The Labute approximate surface area is 336 Å². The van der Waals surface area contributed by atoms with E-state index in [9.17, 15) is 0 Å². The molecule has 270 valence electrons. The Morgan fingerprint density at radius 2 is 1.14 bits per heavy atom. The van der Waals surface area contributed by atoms with Gasteiger partial charge in [0, 0.05) is 62.2 Å². The second-order valence-electron chi connectivity index (χ2n) is 14.2. The zero-order valence-electron chi connectivity index (χ0n) is 30.6. The monoisotopic (exact) mass is 767 g/mol. The van der Waals surface area contributed by atoms with Crippen LogP contribution in [0.1, 0.15) is 16.7 Å². The van der Waals surface area contributed by atoms with Gasteiger partial charge in [-0.25, -0.2) is 4.99 Å². The number of hydrogen-bond donors (Lipinski definition) is 1. The smallest absolute Gasteiger partial charge is 0.157 e. The number of rotatable bonds is 6. The molecule has 8 aromatic carbocycles. The van der Waals surface area contributed by atoms with E-state index in [0.717, 1.165) is 60.0 Å². The SMILES string of the molecule is N/C(=N\C(=N/Cc1cccc2oc3ccc(-c4cccc5c4sc4ccccc45)cc3c12)c1ccc(-c2ccccc2)cc1)c1cccc2c1sc1ccccc12. The van der Waals surface area contributed by atoms with Crippen molar-refractivity contribution in [3.8, 4) is 22.3 Å². The van der Waals surface area contributed by atoms with Crippen molar-refractivity contribution in [2.45, 2.75) is 6.54 Å². The molecule has 4 nitrogen and oxygen atoms in total. The largest absolute Gasteiger partial charge is 0.456 e. The highest BCUT2D eigenvalue weighted by molar-refractivity contribution is 7.26. The van der Waals surface area contributed by atoms with Crippen molar-refractivity contribution >= 4 is 96.6 Å². The van der Waals surface area contributed by atoms with Crippen LogP contribution in [0.5, 0.6) is 0 Å². The third-order valence-corrected chi connectivity index (χ3v) is 13.3. The maximum absolute atomic E-state index is 6.96. The van der Waals surface area contributed by atoms with Gasteiger partial charge >= 0.3 is 0 Å². The molecular formula is C51H33N3OS2. The van der Waals surface area contributed by atoms with Gasteiger partial charge in [0.05, 0.1) is 6.54 Å². The fraction of sp³-hybridized carbons (Fsp3) is 0.0196. The minimum Gasteiger partial charge on any atom is -0.456 e. The molecule has 11 rings (SSSR count). The molecule has 0 amide bonds. The van der Waals surface area contributed by atoms with E-state index in [1.54, 1.807) is 11.3 Å². The van der Waals surface area contributed by atoms with Crippen LogP contribution in [0.3, 0.4) is 0 Å². The molecular weight excluding hydrogens is 735 g/mol. The predicted molar refractivity (Wildman–Crippen MR) is 244 cm³/mol. The normalized spacial score (nSPS) is 12.6. The first-order valence-electron chi connectivity index (χ1n) is 19.0. The minimum atomic E-state index is 0.391. The van der Waals surface area contributed by atoms with E-state index in [1.807, 2.05) is 29.5 Å². The van der Waals surface area contributed by atoms with Crippen LogP contribution in [0, 0.1) is 0 Å². The number of thiophene rings is 2. The van der Waals surface area contributed by atoms with Gasteiger partial charge in [-0.3, -0.25) is 4.99 Å². The number of amidine groups is 2. The van der Waals surface area contributed by atoms with E-state index in [2.05, 4.69) is 158 Å². The molecule has 11 aromatic rings. The Morgan fingerprint density at radius 1 is 0.509 bits per heavy atom.